The molecule has 1 saturated carbocycles. The summed E-state index contributed by atoms with van der Waals surface area (Å²) in [6.07, 6.45) is 4.35. The lowest BCUT2D eigenvalue weighted by Crippen LogP contribution is -2.42. The molecule has 1 N–H and O–H groups in total. The molecule has 0 radical (unpaired) electrons. The number of hydrogen-bond donors (Lipinski definition) is 1. The van der Waals surface area contributed by atoms with Gasteiger partial charge in [-0.3, -0.25) is 0 Å². The highest BCUT2D eigenvalue weighted by Gasteiger charge is 2.39. The Morgan fingerprint density at radius 3 is 2.56 bits per heavy atom. The van der Waals surface area contributed by atoms with Crippen LogP contribution in [0.1, 0.15) is 42.9 Å². The zero-order chi connectivity index (χ0) is 13.2. The van der Waals surface area contributed by atoms with E-state index in [0.717, 1.165) is 30.4 Å². The Kier molecular flexibility index (Phi) is 4.03. The highest BCUT2D eigenvalue weighted by molar-refractivity contribution is 5.26. The largest absolute Gasteiger partial charge is 0.378 e. The quantitative estimate of drug-likeness (QED) is 0.866. The van der Waals surface area contributed by atoms with Crippen LogP contribution >= 0.6 is 0 Å². The fourth-order valence-corrected chi connectivity index (χ4v) is 2.79. The molecule has 1 aliphatic carbocycles. The van der Waals surface area contributed by atoms with Crippen molar-refractivity contribution in [2.75, 3.05) is 14.2 Å². The molecule has 0 spiro atoms. The molecule has 0 amide bonds. The Morgan fingerprint density at radius 2 is 2.11 bits per heavy atom. The van der Waals surface area contributed by atoms with E-state index in [4.69, 9.17) is 4.74 Å². The van der Waals surface area contributed by atoms with Crippen LogP contribution in [0, 0.1) is 12.7 Å². The molecule has 0 heterocycles. The van der Waals surface area contributed by atoms with E-state index in [1.807, 2.05) is 20.0 Å². The number of rotatable bonds is 5. The minimum Gasteiger partial charge on any atom is -0.378 e. The Morgan fingerprint density at radius 1 is 1.39 bits per heavy atom. The maximum absolute atomic E-state index is 13.5. The van der Waals surface area contributed by atoms with Crippen molar-refractivity contribution in [2.24, 2.45) is 0 Å². The lowest BCUT2D eigenvalue weighted by molar-refractivity contribution is -0.0834. The van der Waals surface area contributed by atoms with E-state index in [1.165, 1.54) is 6.42 Å². The van der Waals surface area contributed by atoms with Crippen molar-refractivity contribution in [3.05, 3.63) is 35.1 Å². The average Bonchev–Trinajstić information content (AvgIpc) is 2.27. The van der Waals surface area contributed by atoms with Crippen LogP contribution in [-0.2, 0) is 4.74 Å². The fraction of sp³-hybridized carbons (Fsp3) is 0.600. The molecular formula is C15H22FNO. The molecule has 2 rings (SSSR count). The number of methoxy groups -OCH3 is 1. The van der Waals surface area contributed by atoms with E-state index in [9.17, 15) is 4.39 Å². The van der Waals surface area contributed by atoms with E-state index >= 15 is 0 Å². The topological polar surface area (TPSA) is 21.3 Å². The molecule has 0 saturated heterocycles. The lowest BCUT2D eigenvalue weighted by atomic mass is 9.74. The summed E-state index contributed by atoms with van der Waals surface area (Å²) < 4.78 is 19.1. The fourth-order valence-electron chi connectivity index (χ4n) is 2.79. The van der Waals surface area contributed by atoms with Crippen LogP contribution in [0.25, 0.3) is 0 Å². The van der Waals surface area contributed by atoms with Gasteiger partial charge in [0.15, 0.2) is 0 Å². The van der Waals surface area contributed by atoms with Crippen LogP contribution in [0.4, 0.5) is 4.39 Å². The summed E-state index contributed by atoms with van der Waals surface area (Å²) in [7, 11) is 3.70. The van der Waals surface area contributed by atoms with Crippen LogP contribution in [0.15, 0.2) is 18.2 Å². The maximum Gasteiger partial charge on any atom is 0.123 e. The summed E-state index contributed by atoms with van der Waals surface area (Å²) in [6, 6.07) is 5.38. The minimum atomic E-state index is -0.162. The molecule has 18 heavy (non-hydrogen) atoms. The molecule has 1 aromatic rings. The zero-order valence-electron chi connectivity index (χ0n) is 11.4. The van der Waals surface area contributed by atoms with E-state index < -0.39 is 0 Å². The third kappa shape index (κ3) is 2.73. The first-order valence-corrected chi connectivity index (χ1v) is 6.58. The van der Waals surface area contributed by atoms with Gasteiger partial charge in [-0.15, -0.1) is 0 Å². The molecule has 0 bridgehead atoms. The van der Waals surface area contributed by atoms with Crippen LogP contribution in [0.2, 0.25) is 0 Å². The summed E-state index contributed by atoms with van der Waals surface area (Å²) in [5.74, 6) is -0.162. The molecule has 0 aromatic heterocycles. The van der Waals surface area contributed by atoms with Crippen molar-refractivity contribution >= 4 is 0 Å². The molecule has 1 atom stereocenters. The maximum atomic E-state index is 13.5. The van der Waals surface area contributed by atoms with Gasteiger partial charge in [0, 0.05) is 13.2 Å². The van der Waals surface area contributed by atoms with Crippen molar-refractivity contribution in [2.45, 2.75) is 44.2 Å². The third-order valence-corrected chi connectivity index (χ3v) is 4.09. The van der Waals surface area contributed by atoms with Crippen LogP contribution in [0.3, 0.4) is 0 Å². The standard InChI is InChI=1S/C15H22FNO/c1-11-7-12(9-13(16)8-11)14(17-2)10-15(18-3)5-4-6-15/h7-9,14,17H,4-6,10H2,1-3H3. The first kappa shape index (κ1) is 13.5. The first-order valence-electron chi connectivity index (χ1n) is 6.58. The third-order valence-electron chi connectivity index (χ3n) is 4.09. The van der Waals surface area contributed by atoms with Crippen LogP contribution < -0.4 is 5.32 Å². The second kappa shape index (κ2) is 5.37. The van der Waals surface area contributed by atoms with Crippen molar-refractivity contribution in [1.29, 1.82) is 0 Å². The van der Waals surface area contributed by atoms with Gasteiger partial charge in [0.25, 0.3) is 0 Å². The summed E-state index contributed by atoms with van der Waals surface area (Å²) in [4.78, 5) is 0. The number of ether oxygens (including phenoxy) is 1. The Labute approximate surface area is 109 Å². The van der Waals surface area contributed by atoms with Crippen molar-refractivity contribution in [3.8, 4) is 0 Å². The number of nitrogens with one attached hydrogen (secondary N) is 1. The van der Waals surface area contributed by atoms with E-state index in [0.29, 0.717) is 0 Å². The SMILES string of the molecule is CNC(CC1(OC)CCC1)c1cc(C)cc(F)c1. The minimum absolute atomic E-state index is 0.00605. The van der Waals surface area contributed by atoms with Gasteiger partial charge < -0.3 is 10.1 Å². The number of hydrogen-bond acceptors (Lipinski definition) is 2. The second-order valence-corrected chi connectivity index (χ2v) is 5.35. The molecule has 1 unspecified atom stereocenters. The van der Waals surface area contributed by atoms with Gasteiger partial charge in [-0.25, -0.2) is 4.39 Å². The molecule has 1 aromatic carbocycles. The Bertz CT molecular complexity index is 389. The van der Waals surface area contributed by atoms with E-state index in [1.54, 1.807) is 19.2 Å². The molecule has 0 aliphatic heterocycles. The zero-order valence-corrected chi connectivity index (χ0v) is 11.4. The Balaban J connectivity index is 2.17. The van der Waals surface area contributed by atoms with Crippen LogP contribution in [0.5, 0.6) is 0 Å². The first-order chi connectivity index (χ1) is 8.58. The molecule has 3 heteroatoms. The van der Waals surface area contributed by atoms with E-state index in [-0.39, 0.29) is 17.5 Å². The molecular weight excluding hydrogens is 229 g/mol. The number of aryl methyl sites for hydroxylation is 1. The predicted molar refractivity (Wildman–Crippen MR) is 71.1 cm³/mol. The van der Waals surface area contributed by atoms with Gasteiger partial charge in [0.2, 0.25) is 0 Å². The van der Waals surface area contributed by atoms with Gasteiger partial charge in [0.05, 0.1) is 5.60 Å². The summed E-state index contributed by atoms with van der Waals surface area (Å²) in [5, 5.41) is 3.28. The van der Waals surface area contributed by atoms with Crippen LogP contribution in [-0.4, -0.2) is 19.8 Å². The van der Waals surface area contributed by atoms with Crippen molar-refractivity contribution < 1.29 is 9.13 Å². The van der Waals surface area contributed by atoms with Gasteiger partial charge in [-0.05, 0) is 62.9 Å². The molecule has 2 nitrogen and oxygen atoms in total. The second-order valence-electron chi connectivity index (χ2n) is 5.35. The van der Waals surface area contributed by atoms with E-state index in [2.05, 4.69) is 5.32 Å². The highest BCUT2D eigenvalue weighted by atomic mass is 19.1. The predicted octanol–water partition coefficient (Wildman–Crippen LogP) is 3.35. The number of benzene rings is 1. The smallest absolute Gasteiger partial charge is 0.123 e. The molecule has 1 fully saturated rings. The highest BCUT2D eigenvalue weighted by Crippen LogP contribution is 2.41. The van der Waals surface area contributed by atoms with Crippen molar-refractivity contribution in [3.63, 3.8) is 0 Å². The molecule has 1 aliphatic rings. The summed E-state index contributed by atoms with van der Waals surface area (Å²) >= 11 is 0. The average molecular weight is 251 g/mol. The normalized spacial score (nSPS) is 19.3. The number of halogens is 1. The van der Waals surface area contributed by atoms with Gasteiger partial charge in [-0.1, -0.05) is 6.07 Å². The Hall–Kier alpha value is -0.930. The van der Waals surface area contributed by atoms with Gasteiger partial charge in [0.1, 0.15) is 5.82 Å². The lowest BCUT2D eigenvalue weighted by Gasteiger charge is -2.43. The monoisotopic (exact) mass is 251 g/mol. The van der Waals surface area contributed by atoms with Crippen molar-refractivity contribution in [1.82, 2.24) is 5.32 Å². The van der Waals surface area contributed by atoms with Gasteiger partial charge >= 0.3 is 0 Å². The molecule has 100 valence electrons. The summed E-state index contributed by atoms with van der Waals surface area (Å²) in [6.45, 7) is 1.93. The van der Waals surface area contributed by atoms with Gasteiger partial charge in [-0.2, -0.15) is 0 Å². The summed E-state index contributed by atoms with van der Waals surface area (Å²) in [5.41, 5.74) is 1.97.